The first-order valence-corrected chi connectivity index (χ1v) is 5.24. The van der Waals surface area contributed by atoms with Gasteiger partial charge in [-0.3, -0.25) is 0 Å². The molecule has 0 N–H and O–H groups in total. The Morgan fingerprint density at radius 2 is 1.47 bits per heavy atom. The molecule has 0 aromatic carbocycles. The van der Waals surface area contributed by atoms with E-state index in [4.69, 9.17) is 0 Å². The molecule has 4 heteroatoms. The summed E-state index contributed by atoms with van der Waals surface area (Å²) in [4.78, 5) is 0. The van der Waals surface area contributed by atoms with E-state index in [2.05, 4.69) is 62.1 Å². The van der Waals surface area contributed by atoms with Gasteiger partial charge in [-0.2, -0.15) is 0 Å². The fourth-order valence-electron chi connectivity index (χ4n) is 2.67. The molecule has 4 heterocycles. The Labute approximate surface area is 87.3 Å². The molecule has 4 nitrogen and oxygen atoms in total. The van der Waals surface area contributed by atoms with E-state index >= 15 is 0 Å². The molecule has 2 aromatic rings. The van der Waals surface area contributed by atoms with Crippen LogP contribution in [-0.2, 0) is 6.67 Å². The van der Waals surface area contributed by atoms with Crippen LogP contribution in [0.1, 0.15) is 13.1 Å². The normalized spacial score (nSPS) is 15.8. The highest BCUT2D eigenvalue weighted by molar-refractivity contribution is 5.25. The molecular weight excluding hydrogens is 188 g/mol. The molecule has 2 aromatic heterocycles. The summed E-state index contributed by atoms with van der Waals surface area (Å²) in [7, 11) is 0. The van der Waals surface area contributed by atoms with E-state index in [1.165, 1.54) is 11.6 Å². The zero-order valence-corrected chi connectivity index (χ0v) is 8.54. The van der Waals surface area contributed by atoms with Crippen molar-refractivity contribution in [2.24, 2.45) is 0 Å². The second-order valence-corrected chi connectivity index (χ2v) is 4.16. The number of hydrogen-bond donors (Lipinski definition) is 0. The zero-order chi connectivity index (χ0) is 9.99. The third-order valence-corrected chi connectivity index (χ3v) is 3.37. The molecule has 0 bridgehead atoms. The molecule has 15 heavy (non-hydrogen) atoms. The largest absolute Gasteiger partial charge is 0.600 e. The summed E-state index contributed by atoms with van der Waals surface area (Å²) in [6.45, 7) is 3.15. The summed E-state index contributed by atoms with van der Waals surface area (Å²) in [5.74, 6) is 2.62. The molecule has 72 valence electrons. The van der Waals surface area contributed by atoms with Crippen LogP contribution in [0.15, 0.2) is 36.9 Å². The van der Waals surface area contributed by atoms with Crippen LogP contribution in [0.4, 0.5) is 0 Å². The van der Waals surface area contributed by atoms with Gasteiger partial charge in [0.25, 0.3) is 0 Å². The van der Waals surface area contributed by atoms with E-state index in [1.807, 2.05) is 0 Å². The number of aromatic nitrogens is 4. The van der Waals surface area contributed by atoms with E-state index in [1.54, 1.807) is 0 Å². The number of rotatable bonds is 0. The van der Waals surface area contributed by atoms with Crippen LogP contribution >= 0.6 is 0 Å². The lowest BCUT2D eigenvalue weighted by Gasteiger charge is -1.93. The highest BCUT2D eigenvalue weighted by atomic mass is 15.4. The van der Waals surface area contributed by atoms with Crippen molar-refractivity contribution in [2.75, 3.05) is 0 Å². The molecule has 0 radical (unpaired) electrons. The number of hydrogen-bond acceptors (Lipinski definition) is 0. The minimum Gasteiger partial charge on any atom is -0.0697 e. The number of nitrogens with zero attached hydrogens (tertiary/aromatic N) is 4. The SMILES string of the molecule is CC1[n+]2ccc[n+]3c2-c2[n+](ccc[n+]21)C3. The van der Waals surface area contributed by atoms with Gasteiger partial charge in [0.15, 0.2) is 24.8 Å². The molecular formula is C11H12N4+4. The van der Waals surface area contributed by atoms with E-state index in [9.17, 15) is 0 Å². The Bertz CT molecular complexity index is 540. The van der Waals surface area contributed by atoms with Gasteiger partial charge >= 0.3 is 24.5 Å². The second kappa shape index (κ2) is 2.21. The van der Waals surface area contributed by atoms with Crippen LogP contribution < -0.4 is 18.3 Å². The maximum atomic E-state index is 2.32. The summed E-state index contributed by atoms with van der Waals surface area (Å²) in [6.07, 6.45) is 8.97. The fraction of sp³-hybridized carbons (Fsp3) is 0.273. The lowest BCUT2D eigenvalue weighted by Crippen LogP contribution is -2.58. The van der Waals surface area contributed by atoms with Crippen LogP contribution in [0.2, 0.25) is 0 Å². The van der Waals surface area contributed by atoms with Crippen molar-refractivity contribution in [1.82, 2.24) is 0 Å². The minimum atomic E-state index is 0.384. The van der Waals surface area contributed by atoms with Gasteiger partial charge in [-0.1, -0.05) is 18.3 Å². The Morgan fingerprint density at radius 1 is 0.933 bits per heavy atom. The van der Waals surface area contributed by atoms with Crippen LogP contribution in [0.3, 0.4) is 0 Å². The monoisotopic (exact) mass is 200 g/mol. The molecule has 0 aliphatic carbocycles. The average Bonchev–Trinajstić information content (AvgIpc) is 2.77. The van der Waals surface area contributed by atoms with Gasteiger partial charge in [-0.15, -0.1) is 0 Å². The molecule has 2 aliphatic heterocycles. The molecule has 0 saturated carbocycles. The van der Waals surface area contributed by atoms with E-state index < -0.39 is 0 Å². The highest BCUT2D eigenvalue weighted by Gasteiger charge is 2.61. The van der Waals surface area contributed by atoms with Crippen LogP contribution in [0, 0.1) is 0 Å². The lowest BCUT2D eigenvalue weighted by atomic mass is 10.5. The Morgan fingerprint density at radius 3 is 2.00 bits per heavy atom. The maximum absolute atomic E-state index is 2.32. The lowest BCUT2D eigenvalue weighted by molar-refractivity contribution is -0.984. The van der Waals surface area contributed by atoms with Gasteiger partial charge in [0, 0.05) is 0 Å². The van der Waals surface area contributed by atoms with E-state index in [0.717, 1.165) is 6.67 Å². The minimum absolute atomic E-state index is 0.384. The first-order chi connectivity index (χ1) is 7.36. The summed E-state index contributed by atoms with van der Waals surface area (Å²) in [5.41, 5.74) is 0. The van der Waals surface area contributed by atoms with Crippen molar-refractivity contribution in [2.45, 2.75) is 19.8 Å². The molecule has 2 aliphatic rings. The summed E-state index contributed by atoms with van der Waals surface area (Å²) >= 11 is 0. The van der Waals surface area contributed by atoms with Crippen LogP contribution in [0.5, 0.6) is 0 Å². The quantitative estimate of drug-likeness (QED) is 0.401. The summed E-state index contributed by atoms with van der Waals surface area (Å²) < 4.78 is 9.21. The predicted molar refractivity (Wildman–Crippen MR) is 48.2 cm³/mol. The van der Waals surface area contributed by atoms with E-state index in [-0.39, 0.29) is 0 Å². The molecule has 0 saturated heterocycles. The maximum Gasteiger partial charge on any atom is 0.600 e. The molecule has 4 rings (SSSR count). The standard InChI is InChI=1S/C11H12N4/c1-9-14-6-2-4-12-8-13-5-3-7-15(9)11(13)10(12)14/h2-7,9H,8H2,1H3/q+4. The van der Waals surface area contributed by atoms with Crippen molar-refractivity contribution in [3.63, 3.8) is 0 Å². The summed E-state index contributed by atoms with van der Waals surface area (Å²) in [5, 5.41) is 0. The Kier molecular flexibility index (Phi) is 1.10. The first-order valence-electron chi connectivity index (χ1n) is 5.24. The van der Waals surface area contributed by atoms with Crippen molar-refractivity contribution in [1.29, 1.82) is 0 Å². The third-order valence-electron chi connectivity index (χ3n) is 3.37. The molecule has 0 unspecified atom stereocenters. The van der Waals surface area contributed by atoms with Gasteiger partial charge in [0.2, 0.25) is 0 Å². The van der Waals surface area contributed by atoms with Crippen molar-refractivity contribution < 1.29 is 18.3 Å². The molecule has 0 spiro atoms. The smallest absolute Gasteiger partial charge is 0.0697 e. The molecule has 0 fully saturated rings. The van der Waals surface area contributed by atoms with Gasteiger partial charge in [-0.25, -0.2) is 0 Å². The molecule has 0 atom stereocenters. The van der Waals surface area contributed by atoms with Crippen molar-refractivity contribution in [3.8, 4) is 11.6 Å². The van der Waals surface area contributed by atoms with Crippen molar-refractivity contribution >= 4 is 0 Å². The zero-order valence-electron chi connectivity index (χ0n) is 8.54. The second-order valence-electron chi connectivity index (χ2n) is 4.16. The van der Waals surface area contributed by atoms with Gasteiger partial charge < -0.3 is 0 Å². The van der Waals surface area contributed by atoms with Gasteiger partial charge in [-0.05, 0) is 0 Å². The summed E-state index contributed by atoms with van der Waals surface area (Å²) in [6, 6.07) is 4.21. The Hall–Kier alpha value is -1.84. The fourth-order valence-corrected chi connectivity index (χ4v) is 2.67. The molecule has 0 amide bonds. The Balaban J connectivity index is 2.23. The van der Waals surface area contributed by atoms with Crippen LogP contribution in [0.25, 0.3) is 11.6 Å². The predicted octanol–water partition coefficient (Wildman–Crippen LogP) is -1.30. The van der Waals surface area contributed by atoms with E-state index in [0.29, 0.717) is 6.17 Å². The van der Waals surface area contributed by atoms with Crippen LogP contribution in [-0.4, -0.2) is 0 Å². The topological polar surface area (TPSA) is 15.5 Å². The highest BCUT2D eigenvalue weighted by Crippen LogP contribution is 2.13. The van der Waals surface area contributed by atoms with Gasteiger partial charge in [0.05, 0.1) is 19.1 Å². The van der Waals surface area contributed by atoms with Crippen molar-refractivity contribution in [3.05, 3.63) is 36.9 Å². The first kappa shape index (κ1) is 7.45. The third kappa shape index (κ3) is 0.706. The average molecular weight is 200 g/mol. The van der Waals surface area contributed by atoms with Gasteiger partial charge in [0.1, 0.15) is 0 Å².